The molecule has 0 heterocycles. The molecule has 0 unspecified atom stereocenters. The number of aryl methyl sites for hydroxylation is 3. The molecule has 0 aliphatic rings. The van der Waals surface area contributed by atoms with Gasteiger partial charge in [-0.25, -0.2) is 0 Å². The van der Waals surface area contributed by atoms with E-state index in [1.54, 1.807) is 0 Å². The number of benzene rings is 2. The van der Waals surface area contributed by atoms with Crippen molar-refractivity contribution < 1.29 is 14.3 Å². The Morgan fingerprint density at radius 1 is 1.04 bits per heavy atom. The Kier molecular flexibility index (Phi) is 6.67. The summed E-state index contributed by atoms with van der Waals surface area (Å²) in [7, 11) is 0. The van der Waals surface area contributed by atoms with E-state index in [4.69, 9.17) is 9.47 Å². The molecule has 4 nitrogen and oxygen atoms in total. The van der Waals surface area contributed by atoms with E-state index in [1.165, 1.54) is 0 Å². The van der Waals surface area contributed by atoms with Crippen LogP contribution in [0.5, 0.6) is 11.5 Å². The molecule has 1 amide bonds. The number of carbonyl (C=O) groups is 1. The van der Waals surface area contributed by atoms with E-state index in [9.17, 15) is 4.79 Å². The largest absolute Gasteiger partial charge is 0.491 e. The molecule has 2 aromatic carbocycles. The Balaban J connectivity index is 1.71. The quantitative estimate of drug-likeness (QED) is 0.726. The molecule has 0 radical (unpaired) electrons. The molecule has 0 aromatic heterocycles. The van der Waals surface area contributed by atoms with Crippen LogP contribution >= 0.6 is 15.9 Å². The number of rotatable bonds is 7. The summed E-state index contributed by atoms with van der Waals surface area (Å²) in [6, 6.07) is 11.6. The number of halogens is 1. The average Bonchev–Trinajstić information content (AvgIpc) is 2.56. The highest BCUT2D eigenvalue weighted by molar-refractivity contribution is 9.10. The zero-order valence-corrected chi connectivity index (χ0v) is 15.8. The maximum Gasteiger partial charge on any atom is 0.258 e. The fourth-order valence-corrected chi connectivity index (χ4v) is 2.49. The second-order valence-corrected chi connectivity index (χ2v) is 6.42. The number of nitrogens with one attached hydrogen (secondary N) is 1. The van der Waals surface area contributed by atoms with Crippen molar-refractivity contribution in [1.29, 1.82) is 0 Å². The molecular formula is C19H22BrNO3. The molecule has 0 spiro atoms. The maximum atomic E-state index is 11.8. The number of carbonyl (C=O) groups excluding carboxylic acids is 1. The van der Waals surface area contributed by atoms with Crippen molar-refractivity contribution in [3.8, 4) is 11.5 Å². The molecule has 24 heavy (non-hydrogen) atoms. The van der Waals surface area contributed by atoms with E-state index < -0.39 is 0 Å². The van der Waals surface area contributed by atoms with Crippen LogP contribution in [0.2, 0.25) is 0 Å². The molecule has 2 aromatic rings. The highest BCUT2D eigenvalue weighted by Crippen LogP contribution is 2.26. The van der Waals surface area contributed by atoms with Crippen molar-refractivity contribution in [2.24, 2.45) is 0 Å². The van der Waals surface area contributed by atoms with Crippen LogP contribution in [-0.4, -0.2) is 25.7 Å². The predicted molar refractivity (Wildman–Crippen MR) is 98.8 cm³/mol. The third-order valence-corrected chi connectivity index (χ3v) is 4.81. The second kappa shape index (κ2) is 8.73. The Morgan fingerprint density at radius 2 is 1.71 bits per heavy atom. The van der Waals surface area contributed by atoms with Gasteiger partial charge in [0.05, 0.1) is 6.54 Å². The lowest BCUT2D eigenvalue weighted by molar-refractivity contribution is -0.123. The summed E-state index contributed by atoms with van der Waals surface area (Å²) in [5.74, 6) is 1.37. The minimum absolute atomic E-state index is 0.00905. The van der Waals surface area contributed by atoms with Crippen LogP contribution in [0.25, 0.3) is 0 Å². The van der Waals surface area contributed by atoms with Gasteiger partial charge in [-0.2, -0.15) is 0 Å². The molecular weight excluding hydrogens is 370 g/mol. The SMILES string of the molecule is Cc1ccccc1OCCNC(=O)COc1cc(C)c(Br)c(C)c1. The first-order valence-corrected chi connectivity index (χ1v) is 8.61. The minimum atomic E-state index is -0.165. The van der Waals surface area contributed by atoms with Crippen molar-refractivity contribution in [3.05, 3.63) is 57.6 Å². The second-order valence-electron chi connectivity index (χ2n) is 5.62. The smallest absolute Gasteiger partial charge is 0.258 e. The van der Waals surface area contributed by atoms with Crippen molar-refractivity contribution in [1.82, 2.24) is 5.32 Å². The molecule has 0 aliphatic carbocycles. The highest BCUT2D eigenvalue weighted by atomic mass is 79.9. The van der Waals surface area contributed by atoms with E-state index in [2.05, 4.69) is 21.2 Å². The fraction of sp³-hybridized carbons (Fsp3) is 0.316. The lowest BCUT2D eigenvalue weighted by Gasteiger charge is -2.11. The Morgan fingerprint density at radius 3 is 2.38 bits per heavy atom. The molecule has 0 fully saturated rings. The summed E-state index contributed by atoms with van der Waals surface area (Å²) in [6.45, 7) is 6.83. The van der Waals surface area contributed by atoms with Crippen LogP contribution in [0.1, 0.15) is 16.7 Å². The number of amides is 1. The van der Waals surface area contributed by atoms with Crippen molar-refractivity contribution >= 4 is 21.8 Å². The van der Waals surface area contributed by atoms with Crippen LogP contribution in [0.3, 0.4) is 0 Å². The molecule has 0 bridgehead atoms. The lowest BCUT2D eigenvalue weighted by Crippen LogP contribution is -2.32. The van der Waals surface area contributed by atoms with Gasteiger partial charge in [0.25, 0.3) is 5.91 Å². The van der Waals surface area contributed by atoms with Gasteiger partial charge in [-0.15, -0.1) is 0 Å². The third-order valence-electron chi connectivity index (χ3n) is 3.56. The van der Waals surface area contributed by atoms with Gasteiger partial charge >= 0.3 is 0 Å². The van der Waals surface area contributed by atoms with Gasteiger partial charge in [-0.1, -0.05) is 34.1 Å². The van der Waals surface area contributed by atoms with Gasteiger partial charge in [0.2, 0.25) is 0 Å². The van der Waals surface area contributed by atoms with Crippen LogP contribution in [-0.2, 0) is 4.79 Å². The summed E-state index contributed by atoms with van der Waals surface area (Å²) >= 11 is 3.51. The van der Waals surface area contributed by atoms with Crippen LogP contribution in [0.4, 0.5) is 0 Å². The molecule has 128 valence electrons. The van der Waals surface area contributed by atoms with Gasteiger partial charge in [0.15, 0.2) is 6.61 Å². The summed E-state index contributed by atoms with van der Waals surface area (Å²) < 4.78 is 12.2. The van der Waals surface area contributed by atoms with Gasteiger partial charge in [0.1, 0.15) is 18.1 Å². The molecule has 2 rings (SSSR count). The predicted octanol–water partition coefficient (Wildman–Crippen LogP) is 3.95. The van der Waals surface area contributed by atoms with E-state index >= 15 is 0 Å². The number of ether oxygens (including phenoxy) is 2. The molecule has 0 saturated heterocycles. The minimum Gasteiger partial charge on any atom is -0.491 e. The first kappa shape index (κ1) is 18.3. The average molecular weight is 392 g/mol. The number of para-hydroxylation sites is 1. The Labute approximate surface area is 151 Å². The van der Waals surface area contributed by atoms with E-state index in [-0.39, 0.29) is 12.5 Å². The molecule has 1 N–H and O–H groups in total. The van der Waals surface area contributed by atoms with Crippen molar-refractivity contribution in [2.75, 3.05) is 19.8 Å². The van der Waals surface area contributed by atoms with Gasteiger partial charge < -0.3 is 14.8 Å². The van der Waals surface area contributed by atoms with Gasteiger partial charge in [0, 0.05) is 4.47 Å². The number of hydrogen-bond acceptors (Lipinski definition) is 3. The summed E-state index contributed by atoms with van der Waals surface area (Å²) in [5.41, 5.74) is 3.24. The molecule has 0 aliphatic heterocycles. The Bertz CT molecular complexity index is 693. The standard InChI is InChI=1S/C19H22BrNO3/c1-13-6-4-5-7-17(13)23-9-8-21-18(22)12-24-16-10-14(2)19(20)15(3)11-16/h4-7,10-11H,8-9,12H2,1-3H3,(H,21,22). The monoisotopic (exact) mass is 391 g/mol. The maximum absolute atomic E-state index is 11.8. The first-order valence-electron chi connectivity index (χ1n) is 7.82. The zero-order valence-electron chi connectivity index (χ0n) is 14.2. The first-order chi connectivity index (χ1) is 11.5. The summed E-state index contributed by atoms with van der Waals surface area (Å²) in [6.07, 6.45) is 0. The van der Waals surface area contributed by atoms with Gasteiger partial charge in [-0.05, 0) is 55.7 Å². The molecule has 0 atom stereocenters. The number of hydrogen-bond donors (Lipinski definition) is 1. The van der Waals surface area contributed by atoms with Crippen LogP contribution < -0.4 is 14.8 Å². The van der Waals surface area contributed by atoms with Crippen molar-refractivity contribution in [3.63, 3.8) is 0 Å². The van der Waals surface area contributed by atoms with Crippen LogP contribution in [0, 0.1) is 20.8 Å². The summed E-state index contributed by atoms with van der Waals surface area (Å²) in [5, 5.41) is 2.79. The third kappa shape index (κ3) is 5.27. The fourth-order valence-electron chi connectivity index (χ4n) is 2.26. The Hall–Kier alpha value is -2.01. The molecule has 5 heteroatoms. The zero-order chi connectivity index (χ0) is 17.5. The van der Waals surface area contributed by atoms with Gasteiger partial charge in [-0.3, -0.25) is 4.79 Å². The summed E-state index contributed by atoms with van der Waals surface area (Å²) in [4.78, 5) is 11.8. The normalized spacial score (nSPS) is 10.3. The topological polar surface area (TPSA) is 47.6 Å². The van der Waals surface area contributed by atoms with Crippen LogP contribution in [0.15, 0.2) is 40.9 Å². The van der Waals surface area contributed by atoms with E-state index in [1.807, 2.05) is 57.2 Å². The van der Waals surface area contributed by atoms with E-state index in [0.29, 0.717) is 18.9 Å². The highest BCUT2D eigenvalue weighted by Gasteiger charge is 2.06. The lowest BCUT2D eigenvalue weighted by atomic mass is 10.1. The molecule has 0 saturated carbocycles. The van der Waals surface area contributed by atoms with Crippen molar-refractivity contribution in [2.45, 2.75) is 20.8 Å². The van der Waals surface area contributed by atoms with E-state index in [0.717, 1.165) is 26.9 Å².